The summed E-state index contributed by atoms with van der Waals surface area (Å²) in [4.78, 5) is 29.5. The van der Waals surface area contributed by atoms with Crippen LogP contribution in [0.3, 0.4) is 0 Å². The molecule has 0 aromatic carbocycles. The molecule has 0 saturated carbocycles. The Bertz CT molecular complexity index is 896. The van der Waals surface area contributed by atoms with E-state index in [0.29, 0.717) is 31.4 Å². The Kier molecular flexibility index (Phi) is 4.74. The van der Waals surface area contributed by atoms with E-state index in [4.69, 9.17) is 11.6 Å². The molecule has 1 aliphatic heterocycles. The first-order valence-electron chi connectivity index (χ1n) is 7.77. The van der Waals surface area contributed by atoms with E-state index < -0.39 is 17.3 Å². The van der Waals surface area contributed by atoms with Crippen molar-refractivity contribution in [2.75, 3.05) is 18.0 Å². The second kappa shape index (κ2) is 6.71. The van der Waals surface area contributed by atoms with Gasteiger partial charge in [-0.15, -0.1) is 0 Å². The summed E-state index contributed by atoms with van der Waals surface area (Å²) in [7, 11) is 0. The number of ketones is 1. The van der Waals surface area contributed by atoms with Crippen LogP contribution in [-0.2, 0) is 11.0 Å². The van der Waals surface area contributed by atoms with Crippen LogP contribution in [0.15, 0.2) is 29.3 Å². The molecule has 1 atom stereocenters. The van der Waals surface area contributed by atoms with E-state index in [1.165, 1.54) is 6.20 Å². The topological polar surface area (TPSA) is 68.1 Å². The number of halogens is 4. The first-order chi connectivity index (χ1) is 12.2. The van der Waals surface area contributed by atoms with Crippen LogP contribution in [-0.4, -0.2) is 33.6 Å². The predicted octanol–water partition coefficient (Wildman–Crippen LogP) is 2.72. The molecular formula is C16H14ClF3N4O2. The van der Waals surface area contributed by atoms with E-state index in [-0.39, 0.29) is 22.5 Å². The molecule has 0 radical (unpaired) electrons. The van der Waals surface area contributed by atoms with Gasteiger partial charge in [0, 0.05) is 31.6 Å². The molecule has 2 aromatic heterocycles. The molecule has 2 aromatic rings. The van der Waals surface area contributed by atoms with Crippen LogP contribution < -0.4 is 10.5 Å². The summed E-state index contributed by atoms with van der Waals surface area (Å²) in [6.07, 6.45) is -2.19. The number of anilines is 1. The van der Waals surface area contributed by atoms with Crippen molar-refractivity contribution in [2.45, 2.75) is 19.5 Å². The fraction of sp³-hybridized carbons (Fsp3) is 0.375. The second-order valence-corrected chi connectivity index (χ2v) is 6.40. The van der Waals surface area contributed by atoms with Crippen LogP contribution in [0.5, 0.6) is 0 Å². The smallest absolute Gasteiger partial charge is 0.368 e. The van der Waals surface area contributed by atoms with Gasteiger partial charge in [0.2, 0.25) is 0 Å². The summed E-state index contributed by atoms with van der Waals surface area (Å²) >= 11 is 6.16. The average molecular weight is 387 g/mol. The lowest BCUT2D eigenvalue weighted by atomic mass is 9.98. The summed E-state index contributed by atoms with van der Waals surface area (Å²) in [6, 6.07) is 1.87. The minimum Gasteiger partial charge on any atom is -0.368 e. The largest absolute Gasteiger partial charge is 0.417 e. The van der Waals surface area contributed by atoms with Gasteiger partial charge in [-0.05, 0) is 12.1 Å². The Morgan fingerprint density at radius 2 is 1.96 bits per heavy atom. The fourth-order valence-corrected chi connectivity index (χ4v) is 2.97. The summed E-state index contributed by atoms with van der Waals surface area (Å²) in [5.41, 5.74) is -1.23. The number of Topliss-reactive ketones (excluding diaryl/α,β-unsaturated/α-hetero) is 1. The molecule has 3 rings (SSSR count). The number of piperidine rings is 1. The van der Waals surface area contributed by atoms with E-state index in [9.17, 15) is 22.8 Å². The van der Waals surface area contributed by atoms with Crippen molar-refractivity contribution in [2.24, 2.45) is 5.92 Å². The first-order valence-corrected chi connectivity index (χ1v) is 8.15. The Hall–Kier alpha value is -2.42. The highest BCUT2D eigenvalue weighted by Gasteiger charge is 2.31. The number of nitrogens with zero attached hydrogens (tertiary/aromatic N) is 4. The Morgan fingerprint density at radius 3 is 2.54 bits per heavy atom. The van der Waals surface area contributed by atoms with Crippen molar-refractivity contribution in [3.63, 3.8) is 0 Å². The van der Waals surface area contributed by atoms with Crippen molar-refractivity contribution < 1.29 is 18.0 Å². The normalized spacial score (nSPS) is 18.3. The molecule has 1 saturated heterocycles. The van der Waals surface area contributed by atoms with Crippen molar-refractivity contribution in [3.05, 3.63) is 45.5 Å². The molecule has 0 bridgehead atoms. The molecule has 1 fully saturated rings. The summed E-state index contributed by atoms with van der Waals surface area (Å²) in [6.45, 7) is 2.64. The van der Waals surface area contributed by atoms with E-state index in [1.54, 1.807) is 11.8 Å². The van der Waals surface area contributed by atoms with Crippen molar-refractivity contribution >= 4 is 23.1 Å². The van der Waals surface area contributed by atoms with E-state index in [1.807, 2.05) is 0 Å². The van der Waals surface area contributed by atoms with Crippen molar-refractivity contribution in [1.29, 1.82) is 0 Å². The molecule has 138 valence electrons. The first kappa shape index (κ1) is 18.4. The maximum atomic E-state index is 12.6. The Labute approximate surface area is 151 Å². The third-order valence-corrected chi connectivity index (χ3v) is 4.56. The quantitative estimate of drug-likeness (QED) is 0.794. The maximum Gasteiger partial charge on any atom is 0.417 e. The van der Waals surface area contributed by atoms with Gasteiger partial charge < -0.3 is 4.90 Å². The zero-order valence-corrected chi connectivity index (χ0v) is 14.4. The van der Waals surface area contributed by atoms with Gasteiger partial charge in [-0.3, -0.25) is 9.59 Å². The van der Waals surface area contributed by atoms with Gasteiger partial charge in [0.05, 0.1) is 17.4 Å². The van der Waals surface area contributed by atoms with Gasteiger partial charge >= 0.3 is 6.18 Å². The number of alkyl halides is 3. The average Bonchev–Trinajstić information content (AvgIpc) is 2.59. The zero-order valence-electron chi connectivity index (χ0n) is 13.6. The zero-order chi connectivity index (χ0) is 19.1. The summed E-state index contributed by atoms with van der Waals surface area (Å²) in [5, 5.41) is 3.85. The molecule has 0 amide bonds. The number of rotatable bonds is 2. The highest BCUT2D eigenvalue weighted by Crippen LogP contribution is 2.29. The molecule has 6 nitrogen and oxygen atoms in total. The van der Waals surface area contributed by atoms with Gasteiger partial charge in [0.25, 0.3) is 5.56 Å². The summed E-state index contributed by atoms with van der Waals surface area (Å²) in [5.74, 6) is -0.106. The SMILES string of the molecule is CC1CN(c2cnn(-c3ccc(C(F)(F)F)cn3)c(=O)c2Cl)CCC1=O. The maximum absolute atomic E-state index is 12.6. The van der Waals surface area contributed by atoms with Crippen LogP contribution in [0.4, 0.5) is 18.9 Å². The number of hydrogen-bond acceptors (Lipinski definition) is 5. The molecule has 1 unspecified atom stereocenters. The minimum atomic E-state index is -4.52. The van der Waals surface area contributed by atoms with Gasteiger partial charge in [0.15, 0.2) is 5.82 Å². The number of pyridine rings is 1. The fourth-order valence-electron chi connectivity index (χ4n) is 2.72. The molecular weight excluding hydrogens is 373 g/mol. The number of carbonyl (C=O) groups is 1. The molecule has 0 N–H and O–H groups in total. The number of aromatic nitrogens is 3. The lowest BCUT2D eigenvalue weighted by Crippen LogP contribution is -2.40. The molecule has 0 spiro atoms. The van der Waals surface area contributed by atoms with Crippen LogP contribution >= 0.6 is 11.6 Å². The van der Waals surface area contributed by atoms with Crippen LogP contribution in [0.2, 0.25) is 5.02 Å². The van der Waals surface area contributed by atoms with E-state index >= 15 is 0 Å². The van der Waals surface area contributed by atoms with Crippen LogP contribution in [0.25, 0.3) is 5.82 Å². The third kappa shape index (κ3) is 3.44. The standard InChI is InChI=1S/C16H14ClF3N4O2/c1-9-8-23(5-4-12(9)25)11-7-22-24(15(26)14(11)17)13-3-2-10(6-21-13)16(18,19)20/h2-3,6-7,9H,4-5,8H2,1H3. The predicted molar refractivity (Wildman–Crippen MR) is 88.6 cm³/mol. The van der Waals surface area contributed by atoms with Crippen LogP contribution in [0, 0.1) is 5.92 Å². The Balaban J connectivity index is 1.93. The molecule has 10 heteroatoms. The molecule has 3 heterocycles. The Morgan fingerprint density at radius 1 is 1.23 bits per heavy atom. The number of carbonyl (C=O) groups excluding carboxylic acids is 1. The van der Waals surface area contributed by atoms with Gasteiger partial charge in [-0.1, -0.05) is 18.5 Å². The minimum absolute atomic E-state index is 0.0707. The lowest BCUT2D eigenvalue weighted by Gasteiger charge is -2.32. The van der Waals surface area contributed by atoms with Gasteiger partial charge in [0.1, 0.15) is 10.8 Å². The third-order valence-electron chi connectivity index (χ3n) is 4.21. The monoisotopic (exact) mass is 386 g/mol. The highest BCUT2D eigenvalue weighted by molar-refractivity contribution is 6.33. The van der Waals surface area contributed by atoms with Crippen molar-refractivity contribution in [1.82, 2.24) is 14.8 Å². The molecule has 0 aliphatic carbocycles. The van der Waals surface area contributed by atoms with Crippen LogP contribution in [0.1, 0.15) is 18.9 Å². The highest BCUT2D eigenvalue weighted by atomic mass is 35.5. The number of hydrogen-bond donors (Lipinski definition) is 0. The van der Waals surface area contributed by atoms with E-state index in [0.717, 1.165) is 16.8 Å². The molecule has 26 heavy (non-hydrogen) atoms. The van der Waals surface area contributed by atoms with Crippen molar-refractivity contribution in [3.8, 4) is 5.82 Å². The summed E-state index contributed by atoms with van der Waals surface area (Å²) < 4.78 is 38.7. The second-order valence-electron chi connectivity index (χ2n) is 6.03. The molecule has 1 aliphatic rings. The van der Waals surface area contributed by atoms with Gasteiger partial charge in [-0.25, -0.2) is 4.98 Å². The van der Waals surface area contributed by atoms with Gasteiger partial charge in [-0.2, -0.15) is 23.0 Å². The van der Waals surface area contributed by atoms with E-state index in [2.05, 4.69) is 10.1 Å². The lowest BCUT2D eigenvalue weighted by molar-refractivity contribution is -0.137.